The van der Waals surface area contributed by atoms with Gasteiger partial charge in [0.05, 0.1) is 35.9 Å². The molecule has 1 aromatic rings. The summed E-state index contributed by atoms with van der Waals surface area (Å²) >= 11 is 0. The average Bonchev–Trinajstić information content (AvgIpc) is 2.29. The zero-order valence-corrected chi connectivity index (χ0v) is 9.54. The van der Waals surface area contributed by atoms with Crippen molar-refractivity contribution < 1.29 is 5.11 Å². The summed E-state index contributed by atoms with van der Waals surface area (Å²) in [7, 11) is 1.85. The molecular weight excluding hydrogens is 190 g/mol. The van der Waals surface area contributed by atoms with Crippen LogP contribution in [0.25, 0.3) is 0 Å². The normalized spacial score (nSPS) is 14.4. The van der Waals surface area contributed by atoms with Crippen molar-refractivity contribution in [3.63, 3.8) is 0 Å². The number of hydrogen-bond acceptors (Lipinski definition) is 4. The number of nitrogens with zero attached hydrogens (tertiary/aromatic N) is 1. The van der Waals surface area contributed by atoms with E-state index in [1.165, 1.54) is 0 Å². The summed E-state index contributed by atoms with van der Waals surface area (Å²) in [6, 6.07) is 1.97. The number of anilines is 2. The lowest BCUT2D eigenvalue weighted by atomic mass is 10.00. The van der Waals surface area contributed by atoms with Crippen molar-refractivity contribution in [3.05, 3.63) is 18.5 Å². The summed E-state index contributed by atoms with van der Waals surface area (Å²) in [4.78, 5) is 4.10. The van der Waals surface area contributed by atoms with Gasteiger partial charge >= 0.3 is 0 Å². The van der Waals surface area contributed by atoms with Gasteiger partial charge in [0.1, 0.15) is 0 Å². The van der Waals surface area contributed by atoms with Gasteiger partial charge in [-0.3, -0.25) is 4.98 Å². The largest absolute Gasteiger partial charge is 0.394 e. The number of aromatic nitrogens is 1. The van der Waals surface area contributed by atoms with Crippen molar-refractivity contribution in [3.8, 4) is 0 Å². The van der Waals surface area contributed by atoms with Crippen LogP contribution in [0.3, 0.4) is 0 Å². The number of aliphatic hydroxyl groups excluding tert-OH is 1. The average molecular weight is 209 g/mol. The molecule has 0 aromatic carbocycles. The second-order valence-electron chi connectivity index (χ2n) is 3.91. The van der Waals surface area contributed by atoms with Crippen LogP contribution in [-0.4, -0.2) is 29.3 Å². The highest BCUT2D eigenvalue weighted by atomic mass is 16.3. The molecule has 1 rings (SSSR count). The maximum atomic E-state index is 9.27. The van der Waals surface area contributed by atoms with E-state index in [2.05, 4.69) is 15.6 Å². The molecule has 0 aliphatic heterocycles. The van der Waals surface area contributed by atoms with Gasteiger partial charge < -0.3 is 15.7 Å². The Morgan fingerprint density at radius 2 is 2.07 bits per heavy atom. The third-order valence-corrected chi connectivity index (χ3v) is 2.60. The number of aliphatic hydroxyl groups is 1. The van der Waals surface area contributed by atoms with Crippen LogP contribution >= 0.6 is 0 Å². The van der Waals surface area contributed by atoms with Gasteiger partial charge in [0, 0.05) is 7.05 Å². The van der Waals surface area contributed by atoms with E-state index < -0.39 is 0 Å². The zero-order chi connectivity index (χ0) is 11.3. The number of pyridine rings is 1. The summed E-state index contributed by atoms with van der Waals surface area (Å²) in [6.07, 6.45) is 4.37. The summed E-state index contributed by atoms with van der Waals surface area (Å²) in [6.45, 7) is 4.13. The van der Waals surface area contributed by atoms with Crippen molar-refractivity contribution in [2.24, 2.45) is 0 Å². The summed E-state index contributed by atoms with van der Waals surface area (Å²) in [5, 5.41) is 15.6. The van der Waals surface area contributed by atoms with Gasteiger partial charge in [-0.15, -0.1) is 0 Å². The Kier molecular flexibility index (Phi) is 3.91. The van der Waals surface area contributed by atoms with Gasteiger partial charge in [-0.25, -0.2) is 0 Å². The Hall–Kier alpha value is -1.29. The fourth-order valence-corrected chi connectivity index (χ4v) is 1.23. The van der Waals surface area contributed by atoms with Gasteiger partial charge in [0.2, 0.25) is 0 Å². The molecule has 1 atom stereocenters. The minimum absolute atomic E-state index is 0.104. The lowest BCUT2D eigenvalue weighted by Crippen LogP contribution is -2.37. The third kappa shape index (κ3) is 3.09. The van der Waals surface area contributed by atoms with Gasteiger partial charge in [-0.2, -0.15) is 0 Å². The highest BCUT2D eigenvalue weighted by Gasteiger charge is 2.20. The van der Waals surface area contributed by atoms with E-state index in [1.807, 2.05) is 27.0 Å². The molecule has 15 heavy (non-hydrogen) atoms. The summed E-state index contributed by atoms with van der Waals surface area (Å²) in [5.74, 6) is 0. The number of nitrogens with one attached hydrogen (secondary N) is 2. The molecule has 0 bridgehead atoms. The summed E-state index contributed by atoms with van der Waals surface area (Å²) in [5.41, 5.74) is 1.59. The Bertz CT molecular complexity index is 310. The molecule has 4 nitrogen and oxygen atoms in total. The molecule has 0 saturated carbocycles. The molecule has 0 fully saturated rings. The Morgan fingerprint density at radius 3 is 2.60 bits per heavy atom. The molecule has 1 aromatic heterocycles. The third-order valence-electron chi connectivity index (χ3n) is 2.60. The van der Waals surface area contributed by atoms with Crippen LogP contribution in [0.2, 0.25) is 0 Å². The monoisotopic (exact) mass is 209 g/mol. The predicted octanol–water partition coefficient (Wildman–Crippen LogP) is 1.70. The first-order valence-electron chi connectivity index (χ1n) is 5.15. The zero-order valence-electron chi connectivity index (χ0n) is 9.54. The van der Waals surface area contributed by atoms with E-state index in [0.29, 0.717) is 0 Å². The van der Waals surface area contributed by atoms with E-state index >= 15 is 0 Å². The molecule has 4 heteroatoms. The molecule has 0 radical (unpaired) electrons. The van der Waals surface area contributed by atoms with Crippen molar-refractivity contribution in [1.29, 1.82) is 0 Å². The van der Waals surface area contributed by atoms with Crippen LogP contribution in [-0.2, 0) is 0 Å². The Morgan fingerprint density at radius 1 is 1.40 bits per heavy atom. The fraction of sp³-hybridized carbons (Fsp3) is 0.545. The van der Waals surface area contributed by atoms with Gasteiger partial charge in [-0.05, 0) is 19.4 Å². The molecule has 0 spiro atoms. The smallest absolute Gasteiger partial charge is 0.0658 e. The van der Waals surface area contributed by atoms with Crippen LogP contribution < -0.4 is 10.6 Å². The quantitative estimate of drug-likeness (QED) is 0.691. The Balaban J connectivity index is 2.79. The first kappa shape index (κ1) is 11.8. The van der Waals surface area contributed by atoms with Crippen LogP contribution in [0.15, 0.2) is 18.5 Å². The fourth-order valence-electron chi connectivity index (χ4n) is 1.23. The second-order valence-corrected chi connectivity index (χ2v) is 3.91. The van der Waals surface area contributed by atoms with E-state index in [0.717, 1.165) is 17.8 Å². The molecule has 0 saturated heterocycles. The van der Waals surface area contributed by atoms with Crippen molar-refractivity contribution in [1.82, 2.24) is 4.98 Å². The predicted molar refractivity (Wildman–Crippen MR) is 63.2 cm³/mol. The van der Waals surface area contributed by atoms with Crippen molar-refractivity contribution >= 4 is 11.4 Å². The van der Waals surface area contributed by atoms with Crippen LogP contribution in [0, 0.1) is 0 Å². The second kappa shape index (κ2) is 4.98. The van der Waals surface area contributed by atoms with E-state index in [-0.39, 0.29) is 12.1 Å². The van der Waals surface area contributed by atoms with Gasteiger partial charge in [0.25, 0.3) is 0 Å². The molecular formula is C11H19N3O. The van der Waals surface area contributed by atoms with E-state index in [9.17, 15) is 5.11 Å². The van der Waals surface area contributed by atoms with Gasteiger partial charge in [-0.1, -0.05) is 6.92 Å². The van der Waals surface area contributed by atoms with Crippen LogP contribution in [0.1, 0.15) is 20.3 Å². The van der Waals surface area contributed by atoms with Crippen LogP contribution in [0.4, 0.5) is 11.4 Å². The molecule has 0 aliphatic carbocycles. The summed E-state index contributed by atoms with van der Waals surface area (Å²) < 4.78 is 0. The number of rotatable bonds is 5. The molecule has 1 unspecified atom stereocenters. The highest BCUT2D eigenvalue weighted by molar-refractivity contribution is 5.54. The standard InChI is InChI=1S/C11H19N3O/c1-4-11(2,8-15)14-10-5-9(12-3)6-13-7-10/h5-7,12,14-15H,4,8H2,1-3H3. The maximum Gasteiger partial charge on any atom is 0.0658 e. The van der Waals surface area contributed by atoms with Crippen molar-refractivity contribution in [2.75, 3.05) is 24.3 Å². The molecule has 1 heterocycles. The minimum Gasteiger partial charge on any atom is -0.394 e. The first-order chi connectivity index (χ1) is 7.13. The van der Waals surface area contributed by atoms with Crippen LogP contribution in [0.5, 0.6) is 0 Å². The minimum atomic E-state index is -0.284. The lowest BCUT2D eigenvalue weighted by Gasteiger charge is -2.28. The molecule has 0 amide bonds. The highest BCUT2D eigenvalue weighted by Crippen LogP contribution is 2.19. The molecule has 3 N–H and O–H groups in total. The number of hydrogen-bond donors (Lipinski definition) is 3. The molecule has 84 valence electrons. The maximum absolute atomic E-state index is 9.27. The van der Waals surface area contributed by atoms with Gasteiger partial charge in [0.15, 0.2) is 0 Å². The molecule has 0 aliphatic rings. The van der Waals surface area contributed by atoms with Crippen molar-refractivity contribution in [2.45, 2.75) is 25.8 Å². The SMILES string of the molecule is CCC(C)(CO)Nc1cncc(NC)c1. The lowest BCUT2D eigenvalue weighted by molar-refractivity contribution is 0.219. The first-order valence-corrected chi connectivity index (χ1v) is 5.15. The Labute approximate surface area is 90.7 Å². The topological polar surface area (TPSA) is 57.2 Å². The van der Waals surface area contributed by atoms with E-state index in [1.54, 1.807) is 12.4 Å². The van der Waals surface area contributed by atoms with E-state index in [4.69, 9.17) is 0 Å².